The molecule has 0 aromatic heterocycles. The van der Waals surface area contributed by atoms with Crippen LogP contribution in [0.3, 0.4) is 0 Å². The van der Waals surface area contributed by atoms with E-state index in [0.717, 1.165) is 11.1 Å². The molecule has 1 aromatic carbocycles. The molecule has 2 heteroatoms. The van der Waals surface area contributed by atoms with Crippen molar-refractivity contribution in [2.24, 2.45) is 5.92 Å². The topological polar surface area (TPSA) is 40.5 Å². The fourth-order valence-corrected chi connectivity index (χ4v) is 2.15. The summed E-state index contributed by atoms with van der Waals surface area (Å²) in [7, 11) is 0. The van der Waals surface area contributed by atoms with Gasteiger partial charge < -0.3 is 10.2 Å². The van der Waals surface area contributed by atoms with Gasteiger partial charge in [-0.25, -0.2) is 0 Å². The summed E-state index contributed by atoms with van der Waals surface area (Å²) in [6, 6.07) is 7.70. The van der Waals surface area contributed by atoms with E-state index in [0.29, 0.717) is 6.42 Å². The number of benzene rings is 1. The van der Waals surface area contributed by atoms with Gasteiger partial charge in [0.1, 0.15) is 11.7 Å². The van der Waals surface area contributed by atoms with Crippen molar-refractivity contribution in [1.82, 2.24) is 0 Å². The molecule has 2 rings (SSSR count). The highest BCUT2D eigenvalue weighted by atomic mass is 16.3. The van der Waals surface area contributed by atoms with Crippen molar-refractivity contribution in [3.63, 3.8) is 0 Å². The molecule has 2 N–H and O–H groups in total. The normalized spacial score (nSPS) is 30.8. The Morgan fingerprint density at radius 3 is 2.57 bits per heavy atom. The third-order valence-corrected chi connectivity index (χ3v) is 3.30. The molecule has 0 saturated carbocycles. The zero-order valence-electron chi connectivity index (χ0n) is 8.57. The van der Waals surface area contributed by atoms with Crippen molar-refractivity contribution in [2.75, 3.05) is 0 Å². The predicted molar refractivity (Wildman–Crippen MR) is 54.9 cm³/mol. The first-order valence-electron chi connectivity index (χ1n) is 5.04. The summed E-state index contributed by atoms with van der Waals surface area (Å²) in [6.07, 6.45) is -0.180. The molecule has 0 aliphatic heterocycles. The van der Waals surface area contributed by atoms with Crippen LogP contribution in [0.5, 0.6) is 0 Å². The fraction of sp³-hybridized carbons (Fsp3) is 0.500. The molecule has 1 aliphatic rings. The highest BCUT2D eigenvalue weighted by Gasteiger charge is 2.45. The number of aliphatic hydroxyl groups excluding tert-OH is 1. The molecule has 0 fully saturated rings. The van der Waals surface area contributed by atoms with Gasteiger partial charge in [0.2, 0.25) is 0 Å². The average molecular weight is 192 g/mol. The Morgan fingerprint density at radius 2 is 2.00 bits per heavy atom. The van der Waals surface area contributed by atoms with Crippen molar-refractivity contribution in [3.05, 3.63) is 35.4 Å². The van der Waals surface area contributed by atoms with Crippen LogP contribution in [-0.2, 0) is 6.42 Å². The van der Waals surface area contributed by atoms with Gasteiger partial charge in [-0.05, 0) is 17.0 Å². The molecule has 0 saturated heterocycles. The number of rotatable bonds is 1. The molecular weight excluding hydrogens is 176 g/mol. The van der Waals surface area contributed by atoms with E-state index >= 15 is 0 Å². The van der Waals surface area contributed by atoms with E-state index in [1.165, 1.54) is 0 Å². The summed E-state index contributed by atoms with van der Waals surface area (Å²) in [4.78, 5) is 0. The summed E-state index contributed by atoms with van der Waals surface area (Å²) in [5.41, 5.74) is 0.962. The molecule has 0 spiro atoms. The Hall–Kier alpha value is -0.860. The van der Waals surface area contributed by atoms with Crippen LogP contribution in [0.25, 0.3) is 0 Å². The molecule has 2 nitrogen and oxygen atoms in total. The first-order chi connectivity index (χ1) is 6.55. The minimum absolute atomic E-state index is 0.0601. The maximum absolute atomic E-state index is 10.3. The lowest BCUT2D eigenvalue weighted by Crippen LogP contribution is -2.39. The van der Waals surface area contributed by atoms with Crippen LogP contribution in [0.15, 0.2) is 24.3 Å². The molecule has 0 heterocycles. The van der Waals surface area contributed by atoms with Crippen molar-refractivity contribution < 1.29 is 10.2 Å². The largest absolute Gasteiger partial charge is 0.386 e. The van der Waals surface area contributed by atoms with Crippen molar-refractivity contribution in [3.8, 4) is 0 Å². The first-order valence-corrected chi connectivity index (χ1v) is 5.04. The maximum Gasteiger partial charge on any atom is 0.108 e. The lowest BCUT2D eigenvalue weighted by atomic mass is 9.85. The van der Waals surface area contributed by atoms with Gasteiger partial charge in [-0.2, -0.15) is 0 Å². The molecule has 1 aliphatic carbocycles. The zero-order valence-corrected chi connectivity index (χ0v) is 8.57. The zero-order chi connectivity index (χ0) is 10.3. The summed E-state index contributed by atoms with van der Waals surface area (Å²) in [5, 5.41) is 20.3. The Balaban J connectivity index is 2.43. The SMILES string of the molecule is CC(C)[C@@]1(O)Cc2ccccc2[C@H]1O. The van der Waals surface area contributed by atoms with Crippen LogP contribution in [0.4, 0.5) is 0 Å². The van der Waals surface area contributed by atoms with Crippen LogP contribution in [0, 0.1) is 5.92 Å². The van der Waals surface area contributed by atoms with Gasteiger partial charge in [-0.1, -0.05) is 38.1 Å². The quantitative estimate of drug-likeness (QED) is 0.710. The maximum atomic E-state index is 10.3. The number of fused-ring (bicyclic) bond motifs is 1. The first kappa shape index (κ1) is 9.69. The molecule has 1 aromatic rings. The smallest absolute Gasteiger partial charge is 0.108 e. The number of aliphatic hydroxyl groups is 2. The van der Waals surface area contributed by atoms with Gasteiger partial charge in [0.15, 0.2) is 0 Å². The highest BCUT2D eigenvalue weighted by Crippen LogP contribution is 2.43. The Kier molecular flexibility index (Phi) is 2.13. The summed E-state index contributed by atoms with van der Waals surface area (Å²) in [5.74, 6) is 0.0601. The summed E-state index contributed by atoms with van der Waals surface area (Å²) >= 11 is 0. The number of hydrogen-bond acceptors (Lipinski definition) is 2. The molecular formula is C12H16O2. The van der Waals surface area contributed by atoms with Crippen LogP contribution in [0.2, 0.25) is 0 Å². The second kappa shape index (κ2) is 3.07. The van der Waals surface area contributed by atoms with Crippen molar-refractivity contribution in [2.45, 2.75) is 32.0 Å². The van der Waals surface area contributed by atoms with E-state index in [9.17, 15) is 10.2 Å². The van der Waals surface area contributed by atoms with Crippen LogP contribution >= 0.6 is 0 Å². The Labute approximate surface area is 84.2 Å². The molecule has 0 unspecified atom stereocenters. The second-order valence-electron chi connectivity index (χ2n) is 4.42. The molecule has 2 atom stereocenters. The van der Waals surface area contributed by atoms with E-state index in [-0.39, 0.29) is 5.92 Å². The monoisotopic (exact) mass is 192 g/mol. The molecule has 76 valence electrons. The van der Waals surface area contributed by atoms with Crippen LogP contribution < -0.4 is 0 Å². The molecule has 0 bridgehead atoms. The van der Waals surface area contributed by atoms with Crippen molar-refractivity contribution >= 4 is 0 Å². The minimum Gasteiger partial charge on any atom is -0.386 e. The predicted octanol–water partition coefficient (Wildman–Crippen LogP) is 1.66. The lowest BCUT2D eigenvalue weighted by Gasteiger charge is -2.30. The summed E-state index contributed by atoms with van der Waals surface area (Å²) < 4.78 is 0. The van der Waals surface area contributed by atoms with Crippen LogP contribution in [-0.4, -0.2) is 15.8 Å². The van der Waals surface area contributed by atoms with Gasteiger partial charge in [0.25, 0.3) is 0 Å². The Morgan fingerprint density at radius 1 is 1.36 bits per heavy atom. The second-order valence-corrected chi connectivity index (χ2v) is 4.42. The van der Waals surface area contributed by atoms with Gasteiger partial charge in [-0.15, -0.1) is 0 Å². The van der Waals surface area contributed by atoms with E-state index < -0.39 is 11.7 Å². The summed E-state index contributed by atoms with van der Waals surface area (Å²) in [6.45, 7) is 3.88. The minimum atomic E-state index is -0.982. The third kappa shape index (κ3) is 1.18. The van der Waals surface area contributed by atoms with E-state index in [1.54, 1.807) is 0 Å². The van der Waals surface area contributed by atoms with Crippen LogP contribution in [0.1, 0.15) is 31.1 Å². The molecule has 0 amide bonds. The van der Waals surface area contributed by atoms with E-state index in [2.05, 4.69) is 0 Å². The number of hydrogen-bond donors (Lipinski definition) is 2. The Bertz CT molecular complexity index is 346. The lowest BCUT2D eigenvalue weighted by molar-refractivity contribution is -0.0954. The van der Waals surface area contributed by atoms with E-state index in [1.807, 2.05) is 38.1 Å². The highest BCUT2D eigenvalue weighted by molar-refractivity contribution is 5.38. The van der Waals surface area contributed by atoms with Crippen molar-refractivity contribution in [1.29, 1.82) is 0 Å². The standard InChI is InChI=1S/C12H16O2/c1-8(2)12(14)7-9-5-3-4-6-10(9)11(12)13/h3-6,8,11,13-14H,7H2,1-2H3/t11-,12+/m1/s1. The third-order valence-electron chi connectivity index (χ3n) is 3.30. The molecule has 0 radical (unpaired) electrons. The van der Waals surface area contributed by atoms with Gasteiger partial charge in [-0.3, -0.25) is 0 Å². The van der Waals surface area contributed by atoms with Gasteiger partial charge >= 0.3 is 0 Å². The average Bonchev–Trinajstić information content (AvgIpc) is 2.42. The van der Waals surface area contributed by atoms with E-state index in [4.69, 9.17) is 0 Å². The van der Waals surface area contributed by atoms with Gasteiger partial charge in [0, 0.05) is 6.42 Å². The fourth-order valence-electron chi connectivity index (χ4n) is 2.15. The molecule has 14 heavy (non-hydrogen) atoms. The van der Waals surface area contributed by atoms with Gasteiger partial charge in [0.05, 0.1) is 0 Å².